The van der Waals surface area contributed by atoms with E-state index in [1.54, 1.807) is 0 Å². The van der Waals surface area contributed by atoms with Crippen LogP contribution in [0.5, 0.6) is 17.2 Å². The third kappa shape index (κ3) is 8.11. The quantitative estimate of drug-likeness (QED) is 0.0482. The van der Waals surface area contributed by atoms with Crippen LogP contribution in [0.25, 0.3) is 54.7 Å². The van der Waals surface area contributed by atoms with Crippen LogP contribution in [-0.4, -0.2) is 49.3 Å². The zero-order valence-corrected chi connectivity index (χ0v) is 30.9. The molecule has 274 valence electrons. The molecule has 2 fully saturated rings. The second-order valence-electron chi connectivity index (χ2n) is 15.1. The highest BCUT2D eigenvalue weighted by Crippen LogP contribution is 2.39. The number of nitrogens with zero attached hydrogens (tertiary/aromatic N) is 2. The van der Waals surface area contributed by atoms with E-state index in [0.717, 1.165) is 124 Å². The third-order valence-corrected chi connectivity index (χ3v) is 11.2. The van der Waals surface area contributed by atoms with Gasteiger partial charge in [-0.1, -0.05) is 44.4 Å². The molecule has 1 heterocycles. The van der Waals surface area contributed by atoms with Crippen molar-refractivity contribution in [3.8, 4) is 28.4 Å². The van der Waals surface area contributed by atoms with E-state index in [-0.39, 0.29) is 5.92 Å². The molecule has 53 heavy (non-hydrogen) atoms. The first-order chi connectivity index (χ1) is 26.1. The minimum absolute atomic E-state index is 0.203. The monoisotopic (exact) mass is 710 g/mol. The van der Waals surface area contributed by atoms with Gasteiger partial charge in [-0.3, -0.25) is 0 Å². The van der Waals surface area contributed by atoms with E-state index in [9.17, 15) is 4.79 Å². The van der Waals surface area contributed by atoms with Gasteiger partial charge < -0.3 is 23.7 Å². The van der Waals surface area contributed by atoms with Crippen molar-refractivity contribution in [2.45, 2.75) is 71.1 Å². The predicted octanol–water partition coefficient (Wildman–Crippen LogP) is 10.9. The summed E-state index contributed by atoms with van der Waals surface area (Å²) < 4.78 is 24.5. The fraction of sp³-hybridized carbons (Fsp3) is 0.413. The molecule has 0 spiro atoms. The average molecular weight is 711 g/mol. The molecular weight excluding hydrogens is 661 g/mol. The van der Waals surface area contributed by atoms with E-state index >= 15 is 0 Å². The van der Waals surface area contributed by atoms with Gasteiger partial charge in [0.1, 0.15) is 30.1 Å². The Morgan fingerprint density at radius 1 is 0.585 bits per heavy atom. The number of hydrogen-bond donors (Lipinski definition) is 0. The first kappa shape index (κ1) is 35.3. The van der Waals surface area contributed by atoms with Crippen LogP contribution < -0.4 is 14.2 Å². The van der Waals surface area contributed by atoms with Gasteiger partial charge in [-0.25, -0.2) is 9.97 Å². The van der Waals surface area contributed by atoms with Crippen molar-refractivity contribution < 1.29 is 23.7 Å². The number of aldehydes is 1. The molecule has 0 radical (unpaired) electrons. The Bertz CT molecular complexity index is 2200. The first-order valence-electron chi connectivity index (χ1n) is 19.8. The van der Waals surface area contributed by atoms with Gasteiger partial charge in [-0.05, 0) is 139 Å². The van der Waals surface area contributed by atoms with Crippen molar-refractivity contribution in [1.82, 2.24) is 9.97 Å². The molecule has 0 aliphatic heterocycles. The summed E-state index contributed by atoms with van der Waals surface area (Å²) in [6.07, 6.45) is 12.5. The van der Waals surface area contributed by atoms with E-state index in [1.165, 1.54) is 32.1 Å². The number of hydrogen-bond acceptors (Lipinski definition) is 7. The summed E-state index contributed by atoms with van der Waals surface area (Å²) >= 11 is 0. The third-order valence-electron chi connectivity index (χ3n) is 11.2. The average Bonchev–Trinajstić information content (AvgIpc) is 3.22. The number of benzene rings is 5. The highest BCUT2D eigenvalue weighted by atomic mass is 16.5. The van der Waals surface area contributed by atoms with Crippen LogP contribution in [0.3, 0.4) is 0 Å². The fourth-order valence-electron chi connectivity index (χ4n) is 8.20. The van der Waals surface area contributed by atoms with Crippen LogP contribution in [-0.2, 0) is 9.53 Å². The largest absolute Gasteiger partial charge is 0.493 e. The minimum Gasteiger partial charge on any atom is -0.493 e. The lowest BCUT2D eigenvalue weighted by Gasteiger charge is -2.25. The van der Waals surface area contributed by atoms with Crippen molar-refractivity contribution >= 4 is 49.9 Å². The van der Waals surface area contributed by atoms with Crippen LogP contribution in [0.1, 0.15) is 71.1 Å². The maximum absolute atomic E-state index is 11.3. The highest BCUT2D eigenvalue weighted by Gasteiger charge is 2.22. The Kier molecular flexibility index (Phi) is 11.0. The normalized spacial score (nSPS) is 18.1. The zero-order chi connectivity index (χ0) is 36.0. The van der Waals surface area contributed by atoms with Gasteiger partial charge in [0.15, 0.2) is 0 Å². The Morgan fingerprint density at radius 3 is 1.91 bits per heavy atom. The number of rotatable bonds is 14. The van der Waals surface area contributed by atoms with Crippen LogP contribution >= 0.6 is 0 Å². The second kappa shape index (κ2) is 16.5. The van der Waals surface area contributed by atoms with Gasteiger partial charge in [-0.2, -0.15) is 0 Å². The topological polar surface area (TPSA) is 79.8 Å². The van der Waals surface area contributed by atoms with Gasteiger partial charge in [0.25, 0.3) is 0 Å². The van der Waals surface area contributed by atoms with Crippen molar-refractivity contribution in [3.63, 3.8) is 0 Å². The van der Waals surface area contributed by atoms with E-state index in [4.69, 9.17) is 28.9 Å². The standard InChI is InChI=1S/C46H50N2O5/c1-2-21-50-22-23-51-36-10-6-9-34(24-36)35-15-20-43-44(25-35)48-46-42-27-37(52-29-32-7-4-3-5-8-32)16-19-40(42)39-18-17-38(26-41(39)45(46)47-43)53-30-33-13-11-31(28-49)12-14-33/h6,9-10,15-20,24-28,31-33H,2-5,7-8,11-14,21-23,29-30H2,1H3. The lowest BCUT2D eigenvalue weighted by atomic mass is 9.83. The lowest BCUT2D eigenvalue weighted by Crippen LogP contribution is -2.20. The molecular formula is C46H50N2O5. The van der Waals surface area contributed by atoms with Crippen LogP contribution in [0, 0.1) is 17.8 Å². The molecule has 8 rings (SSSR count). The van der Waals surface area contributed by atoms with Crippen LogP contribution in [0.15, 0.2) is 78.9 Å². The van der Waals surface area contributed by atoms with Crippen molar-refractivity contribution in [2.24, 2.45) is 17.8 Å². The van der Waals surface area contributed by atoms with Gasteiger partial charge in [0, 0.05) is 23.3 Å². The Morgan fingerprint density at radius 2 is 1.23 bits per heavy atom. The molecule has 6 aromatic rings. The summed E-state index contributed by atoms with van der Waals surface area (Å²) in [4.78, 5) is 21.9. The first-order valence-corrected chi connectivity index (χ1v) is 19.8. The molecule has 2 aliphatic carbocycles. The van der Waals surface area contributed by atoms with Gasteiger partial charge in [0.05, 0.1) is 41.9 Å². The molecule has 2 saturated carbocycles. The summed E-state index contributed by atoms with van der Waals surface area (Å²) in [5.41, 5.74) is 5.50. The van der Waals surface area contributed by atoms with Gasteiger partial charge >= 0.3 is 0 Å². The molecule has 2 aliphatic rings. The van der Waals surface area contributed by atoms with E-state index in [0.29, 0.717) is 31.7 Å². The fourth-order valence-corrected chi connectivity index (χ4v) is 8.20. The molecule has 5 aromatic carbocycles. The summed E-state index contributed by atoms with van der Waals surface area (Å²) in [5.74, 6) is 3.81. The Labute approximate surface area is 312 Å². The van der Waals surface area contributed by atoms with Crippen molar-refractivity contribution in [1.29, 1.82) is 0 Å². The SMILES string of the molecule is CCCOCCOc1cccc(-c2ccc3nc4c5cc(OCC6CCC(C=O)CC6)ccc5c5ccc(OCC6CCCCC6)cc5c4nc3c2)c1. The summed E-state index contributed by atoms with van der Waals surface area (Å²) in [7, 11) is 0. The molecule has 7 nitrogen and oxygen atoms in total. The van der Waals surface area contributed by atoms with Crippen molar-refractivity contribution in [3.05, 3.63) is 78.9 Å². The maximum Gasteiger partial charge on any atom is 0.123 e. The summed E-state index contributed by atoms with van der Waals surface area (Å²) in [5, 5.41) is 4.30. The molecule has 0 bridgehead atoms. The predicted molar refractivity (Wildman–Crippen MR) is 213 cm³/mol. The number of carbonyl (C=O) groups excluding carboxylic acids is 1. The zero-order valence-electron chi connectivity index (χ0n) is 30.9. The molecule has 0 unspecified atom stereocenters. The number of fused-ring (bicyclic) bond motifs is 7. The number of carbonyl (C=O) groups is 1. The summed E-state index contributed by atoms with van der Waals surface area (Å²) in [6.45, 7) is 5.34. The van der Waals surface area contributed by atoms with Crippen LogP contribution in [0.2, 0.25) is 0 Å². The maximum atomic E-state index is 11.3. The number of ether oxygens (including phenoxy) is 4. The summed E-state index contributed by atoms with van der Waals surface area (Å²) in [6, 6.07) is 27.3. The van der Waals surface area contributed by atoms with E-state index in [2.05, 4.69) is 73.7 Å². The van der Waals surface area contributed by atoms with Crippen LogP contribution in [0.4, 0.5) is 0 Å². The smallest absolute Gasteiger partial charge is 0.123 e. The highest BCUT2D eigenvalue weighted by molar-refractivity contribution is 6.24. The second-order valence-corrected chi connectivity index (χ2v) is 15.1. The molecule has 0 amide bonds. The number of aromatic nitrogens is 2. The molecule has 7 heteroatoms. The van der Waals surface area contributed by atoms with E-state index < -0.39 is 0 Å². The van der Waals surface area contributed by atoms with Gasteiger partial charge in [0.2, 0.25) is 0 Å². The van der Waals surface area contributed by atoms with E-state index in [1.807, 2.05) is 12.1 Å². The van der Waals surface area contributed by atoms with Gasteiger partial charge in [-0.15, -0.1) is 0 Å². The van der Waals surface area contributed by atoms with Crippen molar-refractivity contribution in [2.75, 3.05) is 33.0 Å². The molecule has 1 aromatic heterocycles. The molecule has 0 N–H and O–H groups in total. The molecule has 0 saturated heterocycles. The Balaban J connectivity index is 1.15. The Hall–Kier alpha value is -4.75. The minimum atomic E-state index is 0.203. The lowest BCUT2D eigenvalue weighted by molar-refractivity contribution is -0.112. The molecule has 0 atom stereocenters.